The van der Waals surface area contributed by atoms with Crippen molar-refractivity contribution in [2.24, 2.45) is 0 Å². The molecule has 1 amide bonds. The minimum Gasteiger partial charge on any atom is -0.445 e. The largest absolute Gasteiger partial charge is 0.445 e. The lowest BCUT2D eigenvalue weighted by molar-refractivity contribution is 0.0941. The number of aromatic nitrogens is 2. The fourth-order valence-electron chi connectivity index (χ4n) is 3.15. The summed E-state index contributed by atoms with van der Waals surface area (Å²) in [6, 6.07) is 15.7. The standard InChI is InChI=1S/C19H19BrN4O2/c20-15-7-4-8-16-17(15)18(22-21-16)23-9-11-24(12-10-23)19(25)26-13-14-5-2-1-3-6-14/h1-8H,9-13H2,(H,21,22). The second-order valence-corrected chi connectivity index (χ2v) is 7.08. The van der Waals surface area contributed by atoms with Gasteiger partial charge in [0.2, 0.25) is 0 Å². The molecule has 26 heavy (non-hydrogen) atoms. The molecule has 0 aliphatic carbocycles. The molecule has 3 aromatic rings. The predicted octanol–water partition coefficient (Wildman–Crippen LogP) is 3.78. The van der Waals surface area contributed by atoms with Crippen LogP contribution in [0.15, 0.2) is 53.0 Å². The Morgan fingerprint density at radius 1 is 1.08 bits per heavy atom. The van der Waals surface area contributed by atoms with Crippen molar-refractivity contribution in [2.75, 3.05) is 31.1 Å². The lowest BCUT2D eigenvalue weighted by Crippen LogP contribution is -2.49. The third-order valence-corrected chi connectivity index (χ3v) is 5.22. The SMILES string of the molecule is O=C(OCc1ccccc1)N1CCN(c2n[nH]c3cccc(Br)c23)CC1. The average Bonchev–Trinajstić information content (AvgIpc) is 3.13. The summed E-state index contributed by atoms with van der Waals surface area (Å²) in [4.78, 5) is 16.2. The molecule has 4 rings (SSSR count). The first-order valence-corrected chi connectivity index (χ1v) is 9.35. The van der Waals surface area contributed by atoms with Crippen molar-refractivity contribution in [2.45, 2.75) is 6.61 Å². The second kappa shape index (κ2) is 7.37. The van der Waals surface area contributed by atoms with Gasteiger partial charge in [-0.25, -0.2) is 4.79 Å². The van der Waals surface area contributed by atoms with Crippen molar-refractivity contribution in [3.8, 4) is 0 Å². The Balaban J connectivity index is 1.37. The highest BCUT2D eigenvalue weighted by atomic mass is 79.9. The van der Waals surface area contributed by atoms with Crippen molar-refractivity contribution in [3.63, 3.8) is 0 Å². The van der Waals surface area contributed by atoms with E-state index >= 15 is 0 Å². The molecule has 0 saturated carbocycles. The quantitative estimate of drug-likeness (QED) is 0.707. The number of carbonyl (C=O) groups is 1. The summed E-state index contributed by atoms with van der Waals surface area (Å²) >= 11 is 3.60. The Morgan fingerprint density at radius 2 is 1.85 bits per heavy atom. The number of nitrogens with zero attached hydrogens (tertiary/aromatic N) is 3. The Morgan fingerprint density at radius 3 is 2.62 bits per heavy atom. The number of aromatic amines is 1. The smallest absolute Gasteiger partial charge is 0.410 e. The molecule has 7 heteroatoms. The lowest BCUT2D eigenvalue weighted by atomic mass is 10.2. The molecule has 6 nitrogen and oxygen atoms in total. The molecule has 0 unspecified atom stereocenters. The Bertz CT molecular complexity index is 904. The monoisotopic (exact) mass is 414 g/mol. The molecule has 1 aromatic heterocycles. The van der Waals surface area contributed by atoms with E-state index in [1.54, 1.807) is 4.90 Å². The van der Waals surface area contributed by atoms with E-state index in [9.17, 15) is 4.79 Å². The van der Waals surface area contributed by atoms with Crippen LogP contribution < -0.4 is 4.90 Å². The van der Waals surface area contributed by atoms with Gasteiger partial charge in [-0.1, -0.05) is 36.4 Å². The maximum atomic E-state index is 12.3. The fraction of sp³-hybridized carbons (Fsp3) is 0.263. The number of hydrogen-bond acceptors (Lipinski definition) is 4. The van der Waals surface area contributed by atoms with Crippen LogP contribution in [0.25, 0.3) is 10.9 Å². The third-order valence-electron chi connectivity index (χ3n) is 4.56. The summed E-state index contributed by atoms with van der Waals surface area (Å²) in [6.07, 6.45) is -0.262. The summed E-state index contributed by atoms with van der Waals surface area (Å²) in [5, 5.41) is 8.61. The number of anilines is 1. The van der Waals surface area contributed by atoms with Crippen LogP contribution in [0.4, 0.5) is 10.6 Å². The third kappa shape index (κ3) is 3.39. The van der Waals surface area contributed by atoms with E-state index in [1.807, 2.05) is 48.5 Å². The van der Waals surface area contributed by atoms with Crippen LogP contribution in [0, 0.1) is 0 Å². The van der Waals surface area contributed by atoms with Crippen LogP contribution in [0.2, 0.25) is 0 Å². The van der Waals surface area contributed by atoms with E-state index < -0.39 is 0 Å². The van der Waals surface area contributed by atoms with Gasteiger partial charge in [0.1, 0.15) is 6.61 Å². The normalized spacial score (nSPS) is 14.7. The summed E-state index contributed by atoms with van der Waals surface area (Å²) in [5.41, 5.74) is 1.99. The second-order valence-electron chi connectivity index (χ2n) is 6.22. The van der Waals surface area contributed by atoms with E-state index in [1.165, 1.54) is 0 Å². The van der Waals surface area contributed by atoms with Crippen LogP contribution in [-0.4, -0.2) is 47.4 Å². The molecule has 0 spiro atoms. The van der Waals surface area contributed by atoms with Gasteiger partial charge in [-0.15, -0.1) is 0 Å². The van der Waals surface area contributed by atoms with Crippen LogP contribution in [0.5, 0.6) is 0 Å². The molecular formula is C19H19BrN4O2. The fourth-order valence-corrected chi connectivity index (χ4v) is 3.70. The molecule has 134 valence electrons. The van der Waals surface area contributed by atoms with Gasteiger partial charge in [-0.05, 0) is 33.6 Å². The predicted molar refractivity (Wildman–Crippen MR) is 104 cm³/mol. The van der Waals surface area contributed by atoms with Crippen molar-refractivity contribution in [1.82, 2.24) is 15.1 Å². The summed E-state index contributed by atoms with van der Waals surface area (Å²) in [5.74, 6) is 0.921. The first-order valence-electron chi connectivity index (χ1n) is 8.55. The number of H-pyrrole nitrogens is 1. The number of rotatable bonds is 3. The number of carbonyl (C=O) groups excluding carboxylic acids is 1. The van der Waals surface area contributed by atoms with E-state index in [-0.39, 0.29) is 6.09 Å². The van der Waals surface area contributed by atoms with E-state index in [4.69, 9.17) is 4.74 Å². The van der Waals surface area contributed by atoms with Gasteiger partial charge in [0, 0.05) is 30.7 Å². The number of nitrogens with one attached hydrogen (secondary N) is 1. The first kappa shape index (κ1) is 16.9. The minimum atomic E-state index is -0.262. The van der Waals surface area contributed by atoms with Gasteiger partial charge < -0.3 is 14.5 Å². The Kier molecular flexibility index (Phi) is 4.79. The number of piperazine rings is 1. The molecule has 1 aliphatic heterocycles. The molecule has 1 N–H and O–H groups in total. The lowest BCUT2D eigenvalue weighted by Gasteiger charge is -2.34. The van der Waals surface area contributed by atoms with Crippen LogP contribution >= 0.6 is 15.9 Å². The molecule has 0 bridgehead atoms. The Labute approximate surface area is 159 Å². The molecule has 1 saturated heterocycles. The summed E-state index contributed by atoms with van der Waals surface area (Å²) in [6.45, 7) is 2.99. The number of fused-ring (bicyclic) bond motifs is 1. The van der Waals surface area contributed by atoms with Gasteiger partial charge in [-0.2, -0.15) is 5.10 Å². The van der Waals surface area contributed by atoms with Gasteiger partial charge in [0.05, 0.1) is 10.9 Å². The summed E-state index contributed by atoms with van der Waals surface area (Å²) in [7, 11) is 0. The maximum Gasteiger partial charge on any atom is 0.410 e. The molecule has 1 aliphatic rings. The molecule has 0 radical (unpaired) electrons. The van der Waals surface area contributed by atoms with E-state index in [0.29, 0.717) is 19.7 Å². The van der Waals surface area contributed by atoms with Crippen molar-refractivity contribution in [1.29, 1.82) is 0 Å². The molecule has 2 aromatic carbocycles. The van der Waals surface area contributed by atoms with Gasteiger partial charge in [0.25, 0.3) is 0 Å². The number of benzene rings is 2. The molecule has 1 fully saturated rings. The van der Waals surface area contributed by atoms with Crippen molar-refractivity contribution in [3.05, 3.63) is 58.6 Å². The average molecular weight is 415 g/mol. The van der Waals surface area contributed by atoms with Crippen LogP contribution in [-0.2, 0) is 11.3 Å². The number of ether oxygens (including phenoxy) is 1. The van der Waals surface area contributed by atoms with Crippen molar-refractivity contribution >= 4 is 38.7 Å². The Hall–Kier alpha value is -2.54. The number of hydrogen-bond donors (Lipinski definition) is 1. The van der Waals surface area contributed by atoms with E-state index in [0.717, 1.165) is 39.8 Å². The molecule has 0 atom stereocenters. The number of halogens is 1. The highest BCUT2D eigenvalue weighted by Crippen LogP contribution is 2.31. The highest BCUT2D eigenvalue weighted by Gasteiger charge is 2.25. The minimum absolute atomic E-state index is 0.262. The zero-order valence-corrected chi connectivity index (χ0v) is 15.8. The molecular weight excluding hydrogens is 396 g/mol. The number of amides is 1. The zero-order chi connectivity index (χ0) is 17.9. The van der Waals surface area contributed by atoms with E-state index in [2.05, 4.69) is 31.0 Å². The highest BCUT2D eigenvalue weighted by molar-refractivity contribution is 9.10. The van der Waals surface area contributed by atoms with Crippen LogP contribution in [0.3, 0.4) is 0 Å². The molecule has 2 heterocycles. The maximum absolute atomic E-state index is 12.3. The van der Waals surface area contributed by atoms with Gasteiger partial charge >= 0.3 is 6.09 Å². The topological polar surface area (TPSA) is 61.5 Å². The zero-order valence-electron chi connectivity index (χ0n) is 14.2. The van der Waals surface area contributed by atoms with Gasteiger partial charge in [-0.3, -0.25) is 5.10 Å². The summed E-state index contributed by atoms with van der Waals surface area (Å²) < 4.78 is 6.44. The van der Waals surface area contributed by atoms with Gasteiger partial charge in [0.15, 0.2) is 5.82 Å². The van der Waals surface area contributed by atoms with Crippen LogP contribution in [0.1, 0.15) is 5.56 Å². The van der Waals surface area contributed by atoms with Crippen molar-refractivity contribution < 1.29 is 9.53 Å². The first-order chi connectivity index (χ1) is 12.7.